The van der Waals surface area contributed by atoms with E-state index in [0.29, 0.717) is 0 Å². The number of hydrogen-bond donors (Lipinski definition) is 0. The Labute approximate surface area is 162 Å². The average Bonchev–Trinajstić information content (AvgIpc) is 2.96. The van der Waals surface area contributed by atoms with Gasteiger partial charge in [-0.2, -0.15) is 0 Å². The second kappa shape index (κ2) is 6.12. The summed E-state index contributed by atoms with van der Waals surface area (Å²) in [5.41, 5.74) is 5.85. The van der Waals surface area contributed by atoms with E-state index in [-0.39, 0.29) is 0 Å². The Morgan fingerprint density at radius 1 is 0.815 bits per heavy atom. The molecule has 0 unspecified atom stereocenters. The van der Waals surface area contributed by atoms with E-state index in [2.05, 4.69) is 80.9 Å². The largest absolute Gasteiger partial charge is 0.344 e. The molecule has 1 nitrogen and oxygen atoms in total. The van der Waals surface area contributed by atoms with Crippen LogP contribution in [-0.4, -0.2) is 4.57 Å². The molecule has 138 valence electrons. The third-order valence-corrected chi connectivity index (χ3v) is 7.45. The molecule has 1 aliphatic carbocycles. The number of hydrogen-bond acceptors (Lipinski definition) is 0. The fourth-order valence-corrected chi connectivity index (χ4v) is 5.30. The molecule has 0 bridgehead atoms. The van der Waals surface area contributed by atoms with Gasteiger partial charge in [-0.1, -0.05) is 51.1 Å². The zero-order valence-corrected chi connectivity index (χ0v) is 16.9. The van der Waals surface area contributed by atoms with Crippen LogP contribution >= 0.6 is 0 Å². The van der Waals surface area contributed by atoms with Gasteiger partial charge < -0.3 is 4.57 Å². The molecule has 1 aromatic heterocycles. The summed E-state index contributed by atoms with van der Waals surface area (Å²) in [7, 11) is 2.20. The second-order valence-corrected chi connectivity index (χ2v) is 8.93. The summed E-state index contributed by atoms with van der Waals surface area (Å²) < 4.78 is 2.36. The van der Waals surface area contributed by atoms with E-state index in [1.54, 1.807) is 11.1 Å². The molecule has 0 N–H and O–H groups in total. The lowest BCUT2D eigenvalue weighted by atomic mass is 9.75. The van der Waals surface area contributed by atoms with E-state index >= 15 is 0 Å². The van der Waals surface area contributed by atoms with Crippen LogP contribution < -0.4 is 0 Å². The number of aryl methyl sites for hydroxylation is 2. The van der Waals surface area contributed by atoms with Gasteiger partial charge in [0.2, 0.25) is 0 Å². The first-order chi connectivity index (χ1) is 13.0. The van der Waals surface area contributed by atoms with Gasteiger partial charge in [0.15, 0.2) is 0 Å². The van der Waals surface area contributed by atoms with Gasteiger partial charge in [0.05, 0.1) is 0 Å². The second-order valence-electron chi connectivity index (χ2n) is 8.93. The van der Waals surface area contributed by atoms with Gasteiger partial charge in [0, 0.05) is 28.9 Å². The van der Waals surface area contributed by atoms with E-state index in [0.717, 1.165) is 17.8 Å². The zero-order chi connectivity index (χ0) is 18.7. The predicted molar refractivity (Wildman–Crippen MR) is 117 cm³/mol. The van der Waals surface area contributed by atoms with E-state index in [4.69, 9.17) is 0 Å². The highest BCUT2D eigenvalue weighted by molar-refractivity contribution is 6.13. The molecule has 0 radical (unpaired) electrons. The average molecular weight is 356 g/mol. The minimum atomic E-state index is 0.748. The van der Waals surface area contributed by atoms with Gasteiger partial charge in [0.1, 0.15) is 0 Å². The minimum Gasteiger partial charge on any atom is -0.344 e. The van der Waals surface area contributed by atoms with Crippen molar-refractivity contribution >= 4 is 32.6 Å². The van der Waals surface area contributed by atoms with E-state index in [9.17, 15) is 0 Å². The van der Waals surface area contributed by atoms with Crippen molar-refractivity contribution in [2.45, 2.75) is 40.0 Å². The fourth-order valence-electron chi connectivity index (χ4n) is 5.30. The van der Waals surface area contributed by atoms with Gasteiger partial charge in [-0.25, -0.2) is 0 Å². The Kier molecular flexibility index (Phi) is 3.82. The number of aromatic nitrogens is 1. The zero-order valence-electron chi connectivity index (χ0n) is 16.9. The normalized spacial score (nSPS) is 23.5. The lowest BCUT2D eigenvalue weighted by Crippen LogP contribution is -2.22. The van der Waals surface area contributed by atoms with Gasteiger partial charge >= 0.3 is 0 Å². The van der Waals surface area contributed by atoms with Crippen LogP contribution in [0.4, 0.5) is 0 Å². The molecular formula is C26H29N. The van der Waals surface area contributed by atoms with Gasteiger partial charge in [-0.05, 0) is 77.1 Å². The summed E-state index contributed by atoms with van der Waals surface area (Å²) >= 11 is 0. The summed E-state index contributed by atoms with van der Waals surface area (Å²) in [6, 6.07) is 18.4. The predicted octanol–water partition coefficient (Wildman–Crippen LogP) is 6.88. The number of nitrogens with zero attached hydrogens (tertiary/aromatic N) is 1. The van der Waals surface area contributed by atoms with Crippen molar-refractivity contribution < 1.29 is 0 Å². The maximum Gasteiger partial charge on any atom is 0.0495 e. The molecule has 0 saturated heterocycles. The van der Waals surface area contributed by atoms with Gasteiger partial charge in [-0.3, -0.25) is 0 Å². The molecule has 3 aromatic carbocycles. The van der Waals surface area contributed by atoms with Crippen molar-refractivity contribution in [3.05, 3.63) is 59.7 Å². The van der Waals surface area contributed by atoms with Crippen LogP contribution in [-0.2, 0) is 19.9 Å². The summed E-state index contributed by atoms with van der Waals surface area (Å²) in [4.78, 5) is 0. The highest BCUT2D eigenvalue weighted by atomic mass is 14.9. The molecule has 4 aromatic rings. The first-order valence-electron chi connectivity index (χ1n) is 10.5. The van der Waals surface area contributed by atoms with Crippen molar-refractivity contribution in [3.63, 3.8) is 0 Å². The topological polar surface area (TPSA) is 4.93 Å². The molecule has 3 atom stereocenters. The lowest BCUT2D eigenvalue weighted by Gasteiger charge is -2.30. The molecule has 27 heavy (non-hydrogen) atoms. The maximum absolute atomic E-state index is 2.46. The number of benzene rings is 3. The third-order valence-electron chi connectivity index (χ3n) is 7.45. The first-order valence-corrected chi connectivity index (χ1v) is 10.5. The number of para-hydroxylation sites is 1. The highest BCUT2D eigenvalue weighted by Crippen LogP contribution is 2.37. The van der Waals surface area contributed by atoms with Crippen LogP contribution in [0.2, 0.25) is 0 Å². The molecule has 1 heterocycles. The summed E-state index contributed by atoms with van der Waals surface area (Å²) in [5.74, 6) is 2.34. The molecule has 0 amide bonds. The Morgan fingerprint density at radius 2 is 1.63 bits per heavy atom. The molecule has 0 saturated carbocycles. The monoisotopic (exact) mass is 355 g/mol. The van der Waals surface area contributed by atoms with Crippen molar-refractivity contribution in [3.8, 4) is 0 Å². The molecular weight excluding hydrogens is 326 g/mol. The number of fused-ring (bicyclic) bond motifs is 6. The quantitative estimate of drug-likeness (QED) is 0.324. The highest BCUT2D eigenvalue weighted by Gasteiger charge is 2.24. The summed E-state index contributed by atoms with van der Waals surface area (Å²) in [6.07, 6.45) is 3.72. The molecule has 1 heteroatoms. The Bertz CT molecular complexity index is 1160. The summed E-state index contributed by atoms with van der Waals surface area (Å²) in [6.45, 7) is 7.33. The van der Waals surface area contributed by atoms with Crippen LogP contribution in [0.25, 0.3) is 32.6 Å². The van der Waals surface area contributed by atoms with E-state index < -0.39 is 0 Å². The molecule has 0 aliphatic heterocycles. The van der Waals surface area contributed by atoms with Crippen molar-refractivity contribution in [2.24, 2.45) is 24.8 Å². The van der Waals surface area contributed by atoms with Crippen LogP contribution in [0, 0.1) is 17.8 Å². The van der Waals surface area contributed by atoms with Crippen molar-refractivity contribution in [2.75, 3.05) is 0 Å². The smallest absolute Gasteiger partial charge is 0.0495 e. The first kappa shape index (κ1) is 16.9. The molecule has 0 spiro atoms. The SMILES string of the molecule is C[C@@H]1[C@H](C)Cc2ccc3cc4c5ccccc5n(C)c4cc3c2CC[C@@H]1C. The lowest BCUT2D eigenvalue weighted by molar-refractivity contribution is 0.258. The molecule has 5 rings (SSSR count). The Hall–Kier alpha value is -2.28. The van der Waals surface area contributed by atoms with E-state index in [1.807, 2.05) is 0 Å². The van der Waals surface area contributed by atoms with Gasteiger partial charge in [0.25, 0.3) is 0 Å². The van der Waals surface area contributed by atoms with Crippen molar-refractivity contribution in [1.82, 2.24) is 4.57 Å². The summed E-state index contributed by atoms with van der Waals surface area (Å²) in [5, 5.41) is 5.60. The number of rotatable bonds is 0. The fraction of sp³-hybridized carbons (Fsp3) is 0.385. The third kappa shape index (κ3) is 2.51. The minimum absolute atomic E-state index is 0.748. The Morgan fingerprint density at radius 3 is 2.48 bits per heavy atom. The maximum atomic E-state index is 2.46. The van der Waals surface area contributed by atoms with Crippen molar-refractivity contribution in [1.29, 1.82) is 0 Å². The van der Waals surface area contributed by atoms with Crippen LogP contribution in [0.1, 0.15) is 38.3 Å². The molecule has 1 aliphatic rings. The van der Waals surface area contributed by atoms with Gasteiger partial charge in [-0.15, -0.1) is 0 Å². The molecule has 0 fully saturated rings. The van der Waals surface area contributed by atoms with Crippen LogP contribution in [0.3, 0.4) is 0 Å². The van der Waals surface area contributed by atoms with Crippen LogP contribution in [0.15, 0.2) is 48.5 Å². The standard InChI is InChI=1S/C26H29N/c1-16-9-12-21-19(13-17(2)18(16)3)10-11-20-14-24-22-7-5-6-8-25(22)27(4)26(24)15-23(20)21/h5-8,10-11,14-18H,9,12-13H2,1-4H3/t16-,17+,18-/m0/s1. The van der Waals surface area contributed by atoms with E-state index in [1.165, 1.54) is 51.8 Å². The van der Waals surface area contributed by atoms with Crippen LogP contribution in [0.5, 0.6) is 0 Å². The Balaban J connectivity index is 1.79.